The maximum atomic E-state index is 5.66. The summed E-state index contributed by atoms with van der Waals surface area (Å²) < 4.78 is 5.26. The van der Waals surface area contributed by atoms with Gasteiger partial charge >= 0.3 is 0 Å². The lowest BCUT2D eigenvalue weighted by Crippen LogP contribution is -2.50. The lowest BCUT2D eigenvalue weighted by atomic mass is 10.0. The fourth-order valence-corrected chi connectivity index (χ4v) is 1.03. The Kier molecular flexibility index (Phi) is 2.05. The Labute approximate surface area is 55.4 Å². The van der Waals surface area contributed by atoms with Crippen LogP contribution in [0.1, 0.15) is 13.3 Å². The van der Waals surface area contributed by atoms with Crippen molar-refractivity contribution in [2.24, 2.45) is 11.5 Å². The van der Waals surface area contributed by atoms with Gasteiger partial charge in [-0.05, 0) is 13.3 Å². The molecule has 1 heterocycles. The molecule has 3 heteroatoms. The molecule has 1 aliphatic rings. The molecule has 0 aromatic heterocycles. The van der Waals surface area contributed by atoms with Crippen LogP contribution in [0.3, 0.4) is 0 Å². The number of hydrogen-bond acceptors (Lipinski definition) is 3. The smallest absolute Gasteiger partial charge is 0.0636 e. The zero-order valence-corrected chi connectivity index (χ0v) is 5.71. The minimum Gasteiger partial charge on any atom is -0.377 e. The van der Waals surface area contributed by atoms with Crippen molar-refractivity contribution in [3.63, 3.8) is 0 Å². The Balaban J connectivity index is 2.35. The van der Waals surface area contributed by atoms with Crippen molar-refractivity contribution in [1.29, 1.82) is 0 Å². The standard InChI is InChI=1S/C6H14N2O/c1-4-2-5(7)6(8)3-9-4/h4-6H,2-3,7-8H2,1H3/t4-,5-,6+/m1/s1. The normalized spacial score (nSPS) is 45.0. The first kappa shape index (κ1) is 6.99. The molecule has 0 aliphatic carbocycles. The summed E-state index contributed by atoms with van der Waals surface area (Å²) in [5.74, 6) is 0. The highest BCUT2D eigenvalue weighted by molar-refractivity contribution is 4.81. The molecule has 9 heavy (non-hydrogen) atoms. The first-order valence-electron chi connectivity index (χ1n) is 3.33. The maximum absolute atomic E-state index is 5.66. The van der Waals surface area contributed by atoms with Gasteiger partial charge in [0.2, 0.25) is 0 Å². The van der Waals surface area contributed by atoms with E-state index in [1.807, 2.05) is 6.92 Å². The molecule has 0 aromatic rings. The minimum absolute atomic E-state index is 0.0428. The Morgan fingerprint density at radius 1 is 1.33 bits per heavy atom. The Bertz CT molecular complexity index is 97.1. The molecular weight excluding hydrogens is 116 g/mol. The molecule has 1 rings (SSSR count). The molecule has 0 amide bonds. The first-order chi connectivity index (χ1) is 4.20. The third kappa shape index (κ3) is 1.64. The van der Waals surface area contributed by atoms with Gasteiger partial charge in [-0.1, -0.05) is 0 Å². The van der Waals surface area contributed by atoms with E-state index in [1.54, 1.807) is 0 Å². The van der Waals surface area contributed by atoms with Crippen LogP contribution in [0.25, 0.3) is 0 Å². The van der Waals surface area contributed by atoms with E-state index in [-0.39, 0.29) is 12.1 Å². The predicted octanol–water partition coefficient (Wildman–Crippen LogP) is -0.550. The number of nitrogens with two attached hydrogens (primary N) is 2. The zero-order chi connectivity index (χ0) is 6.85. The summed E-state index contributed by atoms with van der Waals surface area (Å²) in [5, 5.41) is 0. The highest BCUT2D eigenvalue weighted by Gasteiger charge is 2.22. The van der Waals surface area contributed by atoms with Crippen molar-refractivity contribution in [2.45, 2.75) is 31.5 Å². The molecule has 0 unspecified atom stereocenters. The number of hydrogen-bond donors (Lipinski definition) is 2. The molecular formula is C6H14N2O. The summed E-state index contributed by atoms with van der Waals surface area (Å²) in [6.45, 7) is 2.63. The van der Waals surface area contributed by atoms with Gasteiger partial charge < -0.3 is 16.2 Å². The zero-order valence-electron chi connectivity index (χ0n) is 5.71. The van der Waals surface area contributed by atoms with Crippen molar-refractivity contribution in [2.75, 3.05) is 6.61 Å². The van der Waals surface area contributed by atoms with Crippen LogP contribution in [-0.4, -0.2) is 24.8 Å². The highest BCUT2D eigenvalue weighted by Crippen LogP contribution is 2.09. The molecule has 4 N–H and O–H groups in total. The largest absolute Gasteiger partial charge is 0.377 e. The number of rotatable bonds is 0. The fourth-order valence-electron chi connectivity index (χ4n) is 1.03. The van der Waals surface area contributed by atoms with Gasteiger partial charge in [0, 0.05) is 12.1 Å². The van der Waals surface area contributed by atoms with Crippen molar-refractivity contribution < 1.29 is 4.74 Å². The van der Waals surface area contributed by atoms with Gasteiger partial charge in [-0.3, -0.25) is 0 Å². The van der Waals surface area contributed by atoms with Gasteiger partial charge in [-0.25, -0.2) is 0 Å². The molecule has 3 nitrogen and oxygen atoms in total. The van der Waals surface area contributed by atoms with Crippen molar-refractivity contribution >= 4 is 0 Å². The lowest BCUT2D eigenvalue weighted by molar-refractivity contribution is 0.00803. The van der Waals surface area contributed by atoms with E-state index in [2.05, 4.69) is 0 Å². The number of ether oxygens (including phenoxy) is 1. The van der Waals surface area contributed by atoms with Crippen LogP contribution in [0.5, 0.6) is 0 Å². The molecule has 54 valence electrons. The molecule has 0 aromatic carbocycles. The summed E-state index contributed by atoms with van der Waals surface area (Å²) in [6.07, 6.45) is 1.18. The van der Waals surface area contributed by atoms with Crippen LogP contribution < -0.4 is 11.5 Å². The van der Waals surface area contributed by atoms with Gasteiger partial charge in [-0.15, -0.1) is 0 Å². The van der Waals surface area contributed by atoms with E-state index in [0.717, 1.165) is 6.42 Å². The van der Waals surface area contributed by atoms with Gasteiger partial charge in [0.1, 0.15) is 0 Å². The predicted molar refractivity (Wildman–Crippen MR) is 36.0 cm³/mol. The molecule has 0 spiro atoms. The minimum atomic E-state index is 0.0428. The fraction of sp³-hybridized carbons (Fsp3) is 1.00. The van der Waals surface area contributed by atoms with E-state index in [9.17, 15) is 0 Å². The van der Waals surface area contributed by atoms with Crippen molar-refractivity contribution in [1.82, 2.24) is 0 Å². The molecule has 3 atom stereocenters. The van der Waals surface area contributed by atoms with Crippen LogP contribution in [0.15, 0.2) is 0 Å². The molecule has 0 radical (unpaired) electrons. The van der Waals surface area contributed by atoms with E-state index in [1.165, 1.54) is 0 Å². The van der Waals surface area contributed by atoms with E-state index >= 15 is 0 Å². The molecule has 1 aliphatic heterocycles. The molecule has 1 fully saturated rings. The summed E-state index contributed by atoms with van der Waals surface area (Å²) in [7, 11) is 0. The van der Waals surface area contributed by atoms with Crippen molar-refractivity contribution in [3.8, 4) is 0 Å². The van der Waals surface area contributed by atoms with E-state index < -0.39 is 0 Å². The Morgan fingerprint density at radius 2 is 2.00 bits per heavy atom. The second-order valence-corrected chi connectivity index (χ2v) is 2.71. The maximum Gasteiger partial charge on any atom is 0.0636 e. The van der Waals surface area contributed by atoms with Crippen LogP contribution in [0.2, 0.25) is 0 Å². The molecule has 0 bridgehead atoms. The van der Waals surface area contributed by atoms with Gasteiger partial charge in [0.05, 0.1) is 12.7 Å². The lowest BCUT2D eigenvalue weighted by Gasteiger charge is -2.29. The van der Waals surface area contributed by atoms with E-state index in [4.69, 9.17) is 16.2 Å². The third-order valence-electron chi connectivity index (χ3n) is 1.73. The molecule has 0 saturated carbocycles. The highest BCUT2D eigenvalue weighted by atomic mass is 16.5. The average Bonchev–Trinajstić information content (AvgIpc) is 1.80. The Hall–Kier alpha value is -0.120. The SMILES string of the molecule is C[C@@H]1C[C@@H](N)[C@@H](N)CO1. The Morgan fingerprint density at radius 3 is 2.44 bits per heavy atom. The van der Waals surface area contributed by atoms with Gasteiger partial charge in [0.25, 0.3) is 0 Å². The first-order valence-corrected chi connectivity index (χ1v) is 3.33. The van der Waals surface area contributed by atoms with Crippen LogP contribution >= 0.6 is 0 Å². The average molecular weight is 130 g/mol. The quantitative estimate of drug-likeness (QED) is 0.462. The topological polar surface area (TPSA) is 61.3 Å². The summed E-state index contributed by atoms with van der Waals surface area (Å²) in [6, 6.07) is 0.176. The van der Waals surface area contributed by atoms with Crippen molar-refractivity contribution in [3.05, 3.63) is 0 Å². The summed E-state index contributed by atoms with van der Waals surface area (Å²) >= 11 is 0. The van der Waals surface area contributed by atoms with Gasteiger partial charge in [-0.2, -0.15) is 0 Å². The second-order valence-electron chi connectivity index (χ2n) is 2.71. The second kappa shape index (κ2) is 2.64. The summed E-state index contributed by atoms with van der Waals surface area (Å²) in [5.41, 5.74) is 11.3. The van der Waals surface area contributed by atoms with Crippen LogP contribution in [0, 0.1) is 0 Å². The van der Waals surface area contributed by atoms with Gasteiger partial charge in [0.15, 0.2) is 0 Å². The van der Waals surface area contributed by atoms with Crippen LogP contribution in [0.4, 0.5) is 0 Å². The monoisotopic (exact) mass is 130 g/mol. The third-order valence-corrected chi connectivity index (χ3v) is 1.73. The van der Waals surface area contributed by atoms with E-state index in [0.29, 0.717) is 12.7 Å². The summed E-state index contributed by atoms with van der Waals surface area (Å²) in [4.78, 5) is 0. The van der Waals surface area contributed by atoms with Crippen LogP contribution in [-0.2, 0) is 4.74 Å². The molecule has 1 saturated heterocycles.